The van der Waals surface area contributed by atoms with Crippen LogP contribution in [0, 0.1) is 0 Å². The summed E-state index contributed by atoms with van der Waals surface area (Å²) in [5.41, 5.74) is 1.08. The van der Waals surface area contributed by atoms with Crippen molar-refractivity contribution >= 4 is 29.0 Å². The smallest absolute Gasteiger partial charge is 0.182 e. The molecule has 4 heteroatoms. The highest BCUT2D eigenvalue weighted by molar-refractivity contribution is 6.54. The molecular formula is C11H13Cl2NO. The number of hydrogen-bond acceptors (Lipinski definition) is 2. The summed E-state index contributed by atoms with van der Waals surface area (Å²) >= 11 is 11.1. The summed E-state index contributed by atoms with van der Waals surface area (Å²) < 4.78 is 0. The van der Waals surface area contributed by atoms with Gasteiger partial charge < -0.3 is 5.32 Å². The molecule has 0 aliphatic rings. The van der Waals surface area contributed by atoms with E-state index in [9.17, 15) is 4.79 Å². The first-order valence-electron chi connectivity index (χ1n) is 4.68. The Morgan fingerprint density at radius 2 is 1.93 bits per heavy atom. The SMILES string of the molecule is CNC(Cc1ccccc1)C(=O)C(Cl)Cl. The number of ketones is 1. The van der Waals surface area contributed by atoms with E-state index in [0.717, 1.165) is 5.56 Å². The predicted octanol–water partition coefficient (Wildman–Crippen LogP) is 2.19. The Balaban J connectivity index is 2.66. The minimum absolute atomic E-state index is 0.190. The molecule has 1 N–H and O–H groups in total. The monoisotopic (exact) mass is 245 g/mol. The molecule has 0 heterocycles. The summed E-state index contributed by atoms with van der Waals surface area (Å²) in [4.78, 5) is 10.6. The van der Waals surface area contributed by atoms with Crippen molar-refractivity contribution < 1.29 is 4.79 Å². The molecule has 0 spiro atoms. The highest BCUT2D eigenvalue weighted by Gasteiger charge is 2.22. The molecule has 1 aromatic rings. The van der Waals surface area contributed by atoms with Gasteiger partial charge in [0, 0.05) is 0 Å². The van der Waals surface area contributed by atoms with E-state index in [1.807, 2.05) is 30.3 Å². The van der Waals surface area contributed by atoms with Crippen molar-refractivity contribution in [2.45, 2.75) is 17.3 Å². The van der Waals surface area contributed by atoms with Crippen LogP contribution in [0.3, 0.4) is 0 Å². The molecule has 0 aliphatic carbocycles. The van der Waals surface area contributed by atoms with Crippen molar-refractivity contribution in [1.82, 2.24) is 5.32 Å². The Hall–Kier alpha value is -0.570. The highest BCUT2D eigenvalue weighted by Crippen LogP contribution is 2.10. The van der Waals surface area contributed by atoms with Gasteiger partial charge in [-0.15, -0.1) is 0 Å². The minimum atomic E-state index is -0.967. The number of Topliss-reactive ketones (excluding diaryl/α,β-unsaturated/α-hetero) is 1. The van der Waals surface area contributed by atoms with Gasteiger partial charge in [0.25, 0.3) is 0 Å². The molecule has 15 heavy (non-hydrogen) atoms. The molecule has 1 unspecified atom stereocenters. The molecular weight excluding hydrogens is 233 g/mol. The fourth-order valence-corrected chi connectivity index (χ4v) is 1.65. The lowest BCUT2D eigenvalue weighted by atomic mass is 10.0. The topological polar surface area (TPSA) is 29.1 Å². The highest BCUT2D eigenvalue weighted by atomic mass is 35.5. The van der Waals surface area contributed by atoms with Gasteiger partial charge in [-0.3, -0.25) is 4.79 Å². The van der Waals surface area contributed by atoms with E-state index in [2.05, 4.69) is 5.32 Å². The largest absolute Gasteiger partial charge is 0.310 e. The second-order valence-corrected chi connectivity index (χ2v) is 4.33. The van der Waals surface area contributed by atoms with Crippen molar-refractivity contribution in [1.29, 1.82) is 0 Å². The van der Waals surface area contributed by atoms with Gasteiger partial charge in [-0.25, -0.2) is 0 Å². The fraction of sp³-hybridized carbons (Fsp3) is 0.364. The molecule has 2 nitrogen and oxygen atoms in total. The van der Waals surface area contributed by atoms with E-state index in [1.54, 1.807) is 7.05 Å². The molecule has 0 radical (unpaired) electrons. The van der Waals surface area contributed by atoms with E-state index in [4.69, 9.17) is 23.2 Å². The second kappa shape index (κ2) is 6.11. The Morgan fingerprint density at radius 1 is 1.33 bits per heavy atom. The van der Waals surface area contributed by atoms with Crippen molar-refractivity contribution in [3.8, 4) is 0 Å². The van der Waals surface area contributed by atoms with Crippen LogP contribution in [0.15, 0.2) is 30.3 Å². The minimum Gasteiger partial charge on any atom is -0.310 e. The summed E-state index contributed by atoms with van der Waals surface area (Å²) in [5.74, 6) is -0.190. The molecule has 0 saturated heterocycles. The Bertz CT molecular complexity index is 314. The van der Waals surface area contributed by atoms with Crippen LogP contribution < -0.4 is 5.32 Å². The first kappa shape index (κ1) is 12.5. The van der Waals surface area contributed by atoms with Crippen molar-refractivity contribution in [3.05, 3.63) is 35.9 Å². The Kier molecular flexibility index (Phi) is 5.09. The van der Waals surface area contributed by atoms with Crippen LogP contribution in [-0.2, 0) is 11.2 Å². The normalized spacial score (nSPS) is 12.8. The molecule has 0 aromatic heterocycles. The second-order valence-electron chi connectivity index (χ2n) is 3.23. The number of nitrogens with one attached hydrogen (secondary N) is 1. The van der Waals surface area contributed by atoms with Crippen LogP contribution in [0.1, 0.15) is 5.56 Å². The number of carbonyl (C=O) groups is 1. The number of hydrogen-bond donors (Lipinski definition) is 1. The third-order valence-corrected chi connectivity index (χ3v) is 2.62. The van der Waals surface area contributed by atoms with Crippen LogP contribution in [-0.4, -0.2) is 23.7 Å². The summed E-state index contributed by atoms with van der Waals surface area (Å²) in [5, 5.41) is 2.91. The van der Waals surface area contributed by atoms with Crippen LogP contribution >= 0.6 is 23.2 Å². The molecule has 82 valence electrons. The third-order valence-electron chi connectivity index (χ3n) is 2.19. The van der Waals surface area contributed by atoms with Crippen LogP contribution in [0.25, 0.3) is 0 Å². The number of alkyl halides is 2. The van der Waals surface area contributed by atoms with Gasteiger partial charge in [0.15, 0.2) is 10.6 Å². The van der Waals surface area contributed by atoms with Gasteiger partial charge >= 0.3 is 0 Å². The lowest BCUT2D eigenvalue weighted by Crippen LogP contribution is -2.39. The maximum absolute atomic E-state index is 11.6. The molecule has 0 saturated carbocycles. The van der Waals surface area contributed by atoms with Crippen LogP contribution in [0.5, 0.6) is 0 Å². The Labute approximate surface area is 99.6 Å². The van der Waals surface area contributed by atoms with Gasteiger partial charge in [0.2, 0.25) is 0 Å². The summed E-state index contributed by atoms with van der Waals surface area (Å²) in [6.07, 6.45) is 0.603. The molecule has 1 atom stereocenters. The predicted molar refractivity (Wildman–Crippen MR) is 63.5 cm³/mol. The number of rotatable bonds is 5. The average Bonchev–Trinajstić information content (AvgIpc) is 2.26. The third kappa shape index (κ3) is 3.82. The molecule has 0 fully saturated rings. The number of halogens is 2. The maximum Gasteiger partial charge on any atom is 0.182 e. The molecule has 1 rings (SSSR count). The lowest BCUT2D eigenvalue weighted by Gasteiger charge is -2.15. The zero-order chi connectivity index (χ0) is 11.3. The van der Waals surface area contributed by atoms with E-state index < -0.39 is 4.84 Å². The maximum atomic E-state index is 11.6. The zero-order valence-corrected chi connectivity index (χ0v) is 9.92. The standard InChI is InChI=1S/C11H13Cl2NO/c1-14-9(10(15)11(12)13)7-8-5-3-2-4-6-8/h2-6,9,11,14H,7H2,1H3. The van der Waals surface area contributed by atoms with Crippen molar-refractivity contribution in [2.24, 2.45) is 0 Å². The van der Waals surface area contributed by atoms with Gasteiger partial charge in [0.1, 0.15) is 0 Å². The summed E-state index contributed by atoms with van der Waals surface area (Å²) in [6.45, 7) is 0. The first-order chi connectivity index (χ1) is 7.15. The number of benzene rings is 1. The lowest BCUT2D eigenvalue weighted by molar-refractivity contribution is -0.119. The van der Waals surface area contributed by atoms with Crippen LogP contribution in [0.2, 0.25) is 0 Å². The van der Waals surface area contributed by atoms with Gasteiger partial charge in [-0.05, 0) is 19.0 Å². The number of likely N-dealkylation sites (N-methyl/N-ethyl adjacent to an activating group) is 1. The van der Waals surface area contributed by atoms with Gasteiger partial charge in [-0.1, -0.05) is 53.5 Å². The Morgan fingerprint density at radius 3 is 2.40 bits per heavy atom. The zero-order valence-electron chi connectivity index (χ0n) is 8.41. The summed E-state index contributed by atoms with van der Waals surface area (Å²) in [7, 11) is 1.72. The van der Waals surface area contributed by atoms with Gasteiger partial charge in [0.05, 0.1) is 6.04 Å². The first-order valence-corrected chi connectivity index (χ1v) is 5.55. The quantitative estimate of drug-likeness (QED) is 0.807. The molecule has 0 amide bonds. The van der Waals surface area contributed by atoms with E-state index in [-0.39, 0.29) is 11.8 Å². The molecule has 1 aromatic carbocycles. The van der Waals surface area contributed by atoms with Gasteiger partial charge in [-0.2, -0.15) is 0 Å². The van der Waals surface area contributed by atoms with Crippen LogP contribution in [0.4, 0.5) is 0 Å². The van der Waals surface area contributed by atoms with E-state index >= 15 is 0 Å². The molecule has 0 aliphatic heterocycles. The van der Waals surface area contributed by atoms with E-state index in [0.29, 0.717) is 6.42 Å². The molecule has 0 bridgehead atoms. The van der Waals surface area contributed by atoms with Crippen molar-refractivity contribution in [2.75, 3.05) is 7.05 Å². The van der Waals surface area contributed by atoms with E-state index in [1.165, 1.54) is 0 Å². The van der Waals surface area contributed by atoms with Crippen molar-refractivity contribution in [3.63, 3.8) is 0 Å². The average molecular weight is 246 g/mol. The number of carbonyl (C=O) groups excluding carboxylic acids is 1. The fourth-order valence-electron chi connectivity index (χ4n) is 1.35. The summed E-state index contributed by atoms with van der Waals surface area (Å²) in [6, 6.07) is 9.42.